The molecule has 0 bridgehead atoms. The highest BCUT2D eigenvalue weighted by molar-refractivity contribution is 5.76. The van der Waals surface area contributed by atoms with E-state index in [1.165, 1.54) is 0 Å². The molecular formula is C18H23N3O3. The van der Waals surface area contributed by atoms with E-state index in [2.05, 4.69) is 10.3 Å². The number of amides is 1. The van der Waals surface area contributed by atoms with Gasteiger partial charge in [0, 0.05) is 30.9 Å². The van der Waals surface area contributed by atoms with E-state index in [1.807, 2.05) is 25.1 Å². The Morgan fingerprint density at radius 3 is 2.62 bits per heavy atom. The molecule has 1 atom stereocenters. The molecule has 0 saturated heterocycles. The molecule has 0 aliphatic carbocycles. The standard InChI is InChI=1S/C18H23N3O3/c1-12-8-13(6-7-20-12)11-21-18(22)10-15(19)14-4-5-16(23-2)17(9-14)24-3/h4-9,15H,10-11,19H2,1-3H3,(H,21,22)/t15-/m1/s1. The van der Waals surface area contributed by atoms with Gasteiger partial charge >= 0.3 is 0 Å². The topological polar surface area (TPSA) is 86.5 Å². The van der Waals surface area contributed by atoms with Gasteiger partial charge < -0.3 is 20.5 Å². The molecule has 0 fully saturated rings. The van der Waals surface area contributed by atoms with Crippen LogP contribution >= 0.6 is 0 Å². The summed E-state index contributed by atoms with van der Waals surface area (Å²) < 4.78 is 10.5. The molecule has 1 aromatic heterocycles. The van der Waals surface area contributed by atoms with Crippen molar-refractivity contribution in [3.63, 3.8) is 0 Å². The summed E-state index contributed by atoms with van der Waals surface area (Å²) in [5.74, 6) is 1.12. The van der Waals surface area contributed by atoms with Crippen LogP contribution in [0.4, 0.5) is 0 Å². The molecule has 0 aliphatic heterocycles. The van der Waals surface area contributed by atoms with E-state index in [0.29, 0.717) is 18.0 Å². The smallest absolute Gasteiger partial charge is 0.222 e. The highest BCUT2D eigenvalue weighted by atomic mass is 16.5. The van der Waals surface area contributed by atoms with Gasteiger partial charge in [-0.1, -0.05) is 6.07 Å². The number of aryl methyl sites for hydroxylation is 1. The Kier molecular flexibility index (Phi) is 6.14. The van der Waals surface area contributed by atoms with E-state index in [0.717, 1.165) is 16.8 Å². The summed E-state index contributed by atoms with van der Waals surface area (Å²) in [6, 6.07) is 8.82. The number of hydrogen-bond donors (Lipinski definition) is 2. The largest absolute Gasteiger partial charge is 0.493 e. The van der Waals surface area contributed by atoms with Crippen LogP contribution in [0.1, 0.15) is 29.3 Å². The predicted octanol–water partition coefficient (Wildman–Crippen LogP) is 2.11. The number of nitrogens with two attached hydrogens (primary N) is 1. The van der Waals surface area contributed by atoms with Gasteiger partial charge in [0.25, 0.3) is 0 Å². The Labute approximate surface area is 142 Å². The zero-order chi connectivity index (χ0) is 17.5. The summed E-state index contributed by atoms with van der Waals surface area (Å²) in [4.78, 5) is 16.2. The molecule has 6 nitrogen and oxygen atoms in total. The van der Waals surface area contributed by atoms with Crippen LogP contribution in [0.3, 0.4) is 0 Å². The summed E-state index contributed by atoms with van der Waals surface area (Å²) >= 11 is 0. The van der Waals surface area contributed by atoms with Crippen molar-refractivity contribution in [1.29, 1.82) is 0 Å². The van der Waals surface area contributed by atoms with Gasteiger partial charge in [0.05, 0.1) is 14.2 Å². The molecule has 1 heterocycles. The molecule has 1 aromatic carbocycles. The third-order valence-electron chi connectivity index (χ3n) is 3.69. The molecule has 3 N–H and O–H groups in total. The fourth-order valence-corrected chi connectivity index (χ4v) is 2.39. The second-order valence-corrected chi connectivity index (χ2v) is 5.51. The van der Waals surface area contributed by atoms with Crippen molar-refractivity contribution >= 4 is 5.91 Å². The quantitative estimate of drug-likeness (QED) is 0.812. The van der Waals surface area contributed by atoms with Gasteiger partial charge in [-0.3, -0.25) is 9.78 Å². The van der Waals surface area contributed by atoms with Crippen LogP contribution < -0.4 is 20.5 Å². The van der Waals surface area contributed by atoms with Crippen molar-refractivity contribution in [2.24, 2.45) is 5.73 Å². The van der Waals surface area contributed by atoms with Crippen LogP contribution in [-0.2, 0) is 11.3 Å². The number of nitrogens with one attached hydrogen (secondary N) is 1. The number of hydrogen-bond acceptors (Lipinski definition) is 5. The Morgan fingerprint density at radius 2 is 1.96 bits per heavy atom. The highest BCUT2D eigenvalue weighted by Crippen LogP contribution is 2.30. The van der Waals surface area contributed by atoms with E-state index >= 15 is 0 Å². The molecule has 2 rings (SSSR count). The lowest BCUT2D eigenvalue weighted by molar-refractivity contribution is -0.121. The van der Waals surface area contributed by atoms with E-state index in [1.54, 1.807) is 32.5 Å². The summed E-state index contributed by atoms with van der Waals surface area (Å²) in [5, 5.41) is 2.88. The van der Waals surface area contributed by atoms with E-state index in [-0.39, 0.29) is 12.3 Å². The van der Waals surface area contributed by atoms with Crippen molar-refractivity contribution in [1.82, 2.24) is 10.3 Å². The number of benzene rings is 1. The normalized spacial score (nSPS) is 11.7. The van der Waals surface area contributed by atoms with Crippen molar-refractivity contribution in [2.75, 3.05) is 14.2 Å². The number of nitrogens with zero attached hydrogens (tertiary/aromatic N) is 1. The van der Waals surface area contributed by atoms with Crippen LogP contribution in [0.25, 0.3) is 0 Å². The number of carbonyl (C=O) groups is 1. The lowest BCUT2D eigenvalue weighted by Crippen LogP contribution is -2.27. The van der Waals surface area contributed by atoms with Crippen LogP contribution in [0.5, 0.6) is 11.5 Å². The third kappa shape index (κ3) is 4.70. The molecule has 0 aliphatic rings. The Bertz CT molecular complexity index is 704. The van der Waals surface area contributed by atoms with Gasteiger partial charge in [-0.25, -0.2) is 0 Å². The molecule has 128 valence electrons. The molecule has 6 heteroatoms. The van der Waals surface area contributed by atoms with E-state index in [4.69, 9.17) is 15.2 Å². The molecule has 0 radical (unpaired) electrons. The van der Waals surface area contributed by atoms with Gasteiger partial charge in [-0.2, -0.15) is 0 Å². The molecule has 24 heavy (non-hydrogen) atoms. The second-order valence-electron chi connectivity index (χ2n) is 5.51. The SMILES string of the molecule is COc1ccc([C@H](N)CC(=O)NCc2ccnc(C)c2)cc1OC. The molecule has 0 unspecified atom stereocenters. The fourth-order valence-electron chi connectivity index (χ4n) is 2.39. The third-order valence-corrected chi connectivity index (χ3v) is 3.69. The first-order valence-corrected chi connectivity index (χ1v) is 7.69. The molecule has 0 spiro atoms. The zero-order valence-electron chi connectivity index (χ0n) is 14.2. The zero-order valence-corrected chi connectivity index (χ0v) is 14.2. The van der Waals surface area contributed by atoms with Gasteiger partial charge in [-0.15, -0.1) is 0 Å². The monoisotopic (exact) mass is 329 g/mol. The summed E-state index contributed by atoms with van der Waals surface area (Å²) in [6.45, 7) is 2.37. The lowest BCUT2D eigenvalue weighted by Gasteiger charge is -2.15. The maximum atomic E-state index is 12.1. The molecular weight excluding hydrogens is 306 g/mol. The first kappa shape index (κ1) is 17.7. The second kappa shape index (κ2) is 8.31. The number of aromatic nitrogens is 1. The van der Waals surface area contributed by atoms with Crippen LogP contribution in [0.2, 0.25) is 0 Å². The van der Waals surface area contributed by atoms with E-state index in [9.17, 15) is 4.79 Å². The molecule has 0 saturated carbocycles. The van der Waals surface area contributed by atoms with Crippen molar-refractivity contribution < 1.29 is 14.3 Å². The van der Waals surface area contributed by atoms with Gasteiger partial charge in [-0.05, 0) is 42.3 Å². The average Bonchev–Trinajstić information content (AvgIpc) is 2.59. The van der Waals surface area contributed by atoms with Crippen molar-refractivity contribution in [3.05, 3.63) is 53.3 Å². The lowest BCUT2D eigenvalue weighted by atomic mass is 10.0. The van der Waals surface area contributed by atoms with Crippen molar-refractivity contribution in [2.45, 2.75) is 25.9 Å². The van der Waals surface area contributed by atoms with E-state index < -0.39 is 6.04 Å². The first-order valence-electron chi connectivity index (χ1n) is 7.69. The van der Waals surface area contributed by atoms with Crippen LogP contribution in [0.15, 0.2) is 36.5 Å². The summed E-state index contributed by atoms with van der Waals surface area (Å²) in [6.07, 6.45) is 1.92. The minimum absolute atomic E-state index is 0.105. The minimum atomic E-state index is -0.413. The van der Waals surface area contributed by atoms with Gasteiger partial charge in [0.2, 0.25) is 5.91 Å². The maximum Gasteiger partial charge on any atom is 0.222 e. The molecule has 2 aromatic rings. The Morgan fingerprint density at radius 1 is 1.21 bits per heavy atom. The molecule has 1 amide bonds. The highest BCUT2D eigenvalue weighted by Gasteiger charge is 2.14. The maximum absolute atomic E-state index is 12.1. The number of carbonyl (C=O) groups excluding carboxylic acids is 1. The number of rotatable bonds is 7. The fraction of sp³-hybridized carbons (Fsp3) is 0.333. The Balaban J connectivity index is 1.93. The first-order chi connectivity index (χ1) is 11.5. The number of pyridine rings is 1. The van der Waals surface area contributed by atoms with Gasteiger partial charge in [0.15, 0.2) is 11.5 Å². The summed E-state index contributed by atoms with van der Waals surface area (Å²) in [7, 11) is 3.14. The number of methoxy groups -OCH3 is 2. The van der Waals surface area contributed by atoms with Crippen molar-refractivity contribution in [3.8, 4) is 11.5 Å². The summed E-state index contributed by atoms with van der Waals surface area (Å²) in [5.41, 5.74) is 8.89. The van der Waals surface area contributed by atoms with Gasteiger partial charge in [0.1, 0.15) is 0 Å². The average molecular weight is 329 g/mol. The number of ether oxygens (including phenoxy) is 2. The predicted molar refractivity (Wildman–Crippen MR) is 91.9 cm³/mol. The van der Waals surface area contributed by atoms with Crippen LogP contribution in [-0.4, -0.2) is 25.1 Å². The Hall–Kier alpha value is -2.60. The van der Waals surface area contributed by atoms with Crippen LogP contribution in [0, 0.1) is 6.92 Å². The minimum Gasteiger partial charge on any atom is -0.493 e.